The number of aryl methyl sites for hydroxylation is 1. The van der Waals surface area contributed by atoms with Gasteiger partial charge in [0.05, 0.1) is 17.9 Å². The third kappa shape index (κ3) is 3.87. The number of carbonyl (C=O) groups is 2. The molecular weight excluding hydrogens is 328 g/mol. The summed E-state index contributed by atoms with van der Waals surface area (Å²) < 4.78 is 5.16. The van der Waals surface area contributed by atoms with E-state index in [1.54, 1.807) is 13.0 Å². The second kappa shape index (κ2) is 8.04. The van der Waals surface area contributed by atoms with E-state index in [0.29, 0.717) is 38.3 Å². The van der Waals surface area contributed by atoms with Crippen molar-refractivity contribution in [3.8, 4) is 0 Å². The molecule has 0 bridgehead atoms. The van der Waals surface area contributed by atoms with Gasteiger partial charge >= 0.3 is 5.97 Å². The number of anilines is 1. The smallest absolute Gasteiger partial charge is 0.340 e. The van der Waals surface area contributed by atoms with E-state index in [1.165, 1.54) is 0 Å². The third-order valence-corrected chi connectivity index (χ3v) is 4.57. The van der Waals surface area contributed by atoms with Crippen LogP contribution in [0.15, 0.2) is 48.5 Å². The Morgan fingerprint density at radius 1 is 1.00 bits per heavy atom. The highest BCUT2D eigenvalue weighted by Gasteiger charge is 2.25. The maximum absolute atomic E-state index is 12.7. The molecule has 0 unspecified atom stereocenters. The van der Waals surface area contributed by atoms with E-state index >= 15 is 0 Å². The lowest BCUT2D eigenvalue weighted by Crippen LogP contribution is -2.49. The second-order valence-corrected chi connectivity index (χ2v) is 6.39. The molecule has 0 spiro atoms. The van der Waals surface area contributed by atoms with Crippen molar-refractivity contribution in [3.63, 3.8) is 0 Å². The zero-order valence-electron chi connectivity index (χ0n) is 15.3. The Morgan fingerprint density at radius 2 is 1.73 bits per heavy atom. The quantitative estimate of drug-likeness (QED) is 0.793. The van der Waals surface area contributed by atoms with Crippen molar-refractivity contribution in [1.82, 2.24) is 4.90 Å². The lowest BCUT2D eigenvalue weighted by molar-refractivity contribution is 0.0526. The largest absolute Gasteiger partial charge is 0.462 e. The molecule has 0 aromatic heterocycles. The average molecular weight is 352 g/mol. The van der Waals surface area contributed by atoms with Crippen LogP contribution < -0.4 is 4.90 Å². The Labute approximate surface area is 154 Å². The summed E-state index contributed by atoms with van der Waals surface area (Å²) in [4.78, 5) is 28.9. The Bertz CT molecular complexity index is 795. The molecule has 2 aromatic rings. The second-order valence-electron chi connectivity index (χ2n) is 6.39. The van der Waals surface area contributed by atoms with Crippen molar-refractivity contribution in [1.29, 1.82) is 0 Å². The predicted molar refractivity (Wildman–Crippen MR) is 102 cm³/mol. The molecule has 0 radical (unpaired) electrons. The van der Waals surface area contributed by atoms with Gasteiger partial charge in [-0.05, 0) is 38.1 Å². The minimum Gasteiger partial charge on any atom is -0.462 e. The van der Waals surface area contributed by atoms with Crippen molar-refractivity contribution in [2.75, 3.05) is 37.7 Å². The number of rotatable bonds is 4. The Morgan fingerprint density at radius 3 is 2.42 bits per heavy atom. The molecule has 5 heteroatoms. The Kier molecular flexibility index (Phi) is 5.56. The van der Waals surface area contributed by atoms with Gasteiger partial charge in [-0.3, -0.25) is 4.79 Å². The van der Waals surface area contributed by atoms with Gasteiger partial charge in [-0.2, -0.15) is 0 Å². The molecular formula is C21H24N2O3. The summed E-state index contributed by atoms with van der Waals surface area (Å²) in [5.41, 5.74) is 3.25. The van der Waals surface area contributed by atoms with Crippen LogP contribution >= 0.6 is 0 Å². The van der Waals surface area contributed by atoms with Gasteiger partial charge in [0.2, 0.25) is 0 Å². The molecule has 1 amide bonds. The normalized spacial score (nSPS) is 14.2. The standard InChI is InChI=1S/C21H24N2O3/c1-3-26-21(25)18-9-4-5-10-19(18)22-11-13-23(14-12-22)20(24)17-8-6-7-16(2)15-17/h4-10,15H,3,11-14H2,1-2H3. The lowest BCUT2D eigenvalue weighted by Gasteiger charge is -2.36. The summed E-state index contributed by atoms with van der Waals surface area (Å²) in [5.74, 6) is -0.242. The highest BCUT2D eigenvalue weighted by molar-refractivity contribution is 5.96. The molecule has 0 saturated carbocycles. The molecule has 1 aliphatic heterocycles. The first-order chi connectivity index (χ1) is 12.6. The van der Waals surface area contributed by atoms with Crippen LogP contribution in [0.5, 0.6) is 0 Å². The monoisotopic (exact) mass is 352 g/mol. The Balaban J connectivity index is 1.69. The fourth-order valence-corrected chi connectivity index (χ4v) is 3.24. The topological polar surface area (TPSA) is 49.9 Å². The zero-order chi connectivity index (χ0) is 18.5. The first-order valence-electron chi connectivity index (χ1n) is 8.97. The van der Waals surface area contributed by atoms with E-state index in [2.05, 4.69) is 4.90 Å². The van der Waals surface area contributed by atoms with Crippen molar-refractivity contribution in [2.45, 2.75) is 13.8 Å². The van der Waals surface area contributed by atoms with Gasteiger partial charge in [-0.15, -0.1) is 0 Å². The van der Waals surface area contributed by atoms with Crippen molar-refractivity contribution in [2.24, 2.45) is 0 Å². The van der Waals surface area contributed by atoms with Crippen LogP contribution in [0.2, 0.25) is 0 Å². The van der Waals surface area contributed by atoms with Crippen LogP contribution in [0.3, 0.4) is 0 Å². The molecule has 26 heavy (non-hydrogen) atoms. The number of nitrogens with zero attached hydrogens (tertiary/aromatic N) is 2. The van der Waals surface area contributed by atoms with E-state index < -0.39 is 0 Å². The first kappa shape index (κ1) is 18.0. The summed E-state index contributed by atoms with van der Waals surface area (Å²) >= 11 is 0. The van der Waals surface area contributed by atoms with Crippen molar-refractivity contribution < 1.29 is 14.3 Å². The number of carbonyl (C=O) groups excluding carboxylic acids is 2. The zero-order valence-corrected chi connectivity index (χ0v) is 15.3. The van der Waals surface area contributed by atoms with Crippen LogP contribution in [0.4, 0.5) is 5.69 Å². The predicted octanol–water partition coefficient (Wildman–Crippen LogP) is 3.13. The highest BCUT2D eigenvalue weighted by atomic mass is 16.5. The number of esters is 1. The molecule has 1 fully saturated rings. The fraction of sp³-hybridized carbons (Fsp3) is 0.333. The van der Waals surface area contributed by atoms with E-state index in [0.717, 1.165) is 16.8 Å². The molecule has 0 N–H and O–H groups in total. The fourth-order valence-electron chi connectivity index (χ4n) is 3.24. The van der Waals surface area contributed by atoms with E-state index in [9.17, 15) is 9.59 Å². The average Bonchev–Trinajstić information content (AvgIpc) is 2.68. The van der Waals surface area contributed by atoms with Crippen molar-refractivity contribution >= 4 is 17.6 Å². The van der Waals surface area contributed by atoms with Crippen LogP contribution in [-0.4, -0.2) is 49.6 Å². The summed E-state index contributed by atoms with van der Waals surface area (Å²) in [6.45, 7) is 6.78. The van der Waals surface area contributed by atoms with E-state index in [4.69, 9.17) is 4.74 Å². The number of benzene rings is 2. The summed E-state index contributed by atoms with van der Waals surface area (Å²) in [7, 11) is 0. The maximum atomic E-state index is 12.7. The highest BCUT2D eigenvalue weighted by Crippen LogP contribution is 2.23. The number of ether oxygens (including phenoxy) is 1. The minimum atomic E-state index is -0.304. The lowest BCUT2D eigenvalue weighted by atomic mass is 10.1. The molecule has 1 aliphatic rings. The van der Waals surface area contributed by atoms with Crippen LogP contribution in [0.25, 0.3) is 0 Å². The number of hydrogen-bond acceptors (Lipinski definition) is 4. The third-order valence-electron chi connectivity index (χ3n) is 4.57. The van der Waals surface area contributed by atoms with Gasteiger partial charge in [0.15, 0.2) is 0 Å². The molecule has 3 rings (SSSR count). The van der Waals surface area contributed by atoms with Gasteiger partial charge in [-0.25, -0.2) is 4.79 Å². The number of hydrogen-bond donors (Lipinski definition) is 0. The SMILES string of the molecule is CCOC(=O)c1ccccc1N1CCN(C(=O)c2cccc(C)c2)CC1. The summed E-state index contributed by atoms with van der Waals surface area (Å²) in [5, 5.41) is 0. The van der Waals surface area contributed by atoms with Gasteiger partial charge in [-0.1, -0.05) is 29.8 Å². The van der Waals surface area contributed by atoms with Crippen molar-refractivity contribution in [3.05, 3.63) is 65.2 Å². The van der Waals surface area contributed by atoms with E-state index in [-0.39, 0.29) is 11.9 Å². The molecule has 0 atom stereocenters. The molecule has 1 saturated heterocycles. The summed E-state index contributed by atoms with van der Waals surface area (Å²) in [6.07, 6.45) is 0. The Hall–Kier alpha value is -2.82. The number of para-hydroxylation sites is 1. The van der Waals surface area contributed by atoms with Crippen LogP contribution in [0.1, 0.15) is 33.2 Å². The number of piperazine rings is 1. The van der Waals surface area contributed by atoms with Crippen LogP contribution in [-0.2, 0) is 4.74 Å². The van der Waals surface area contributed by atoms with Gasteiger partial charge in [0.1, 0.15) is 0 Å². The van der Waals surface area contributed by atoms with Crippen LogP contribution in [0, 0.1) is 6.92 Å². The maximum Gasteiger partial charge on any atom is 0.340 e. The molecule has 5 nitrogen and oxygen atoms in total. The molecule has 136 valence electrons. The molecule has 2 aromatic carbocycles. The van der Waals surface area contributed by atoms with Gasteiger partial charge < -0.3 is 14.5 Å². The van der Waals surface area contributed by atoms with Gasteiger partial charge in [0, 0.05) is 31.7 Å². The molecule has 0 aliphatic carbocycles. The number of amides is 1. The summed E-state index contributed by atoms with van der Waals surface area (Å²) in [6, 6.07) is 15.2. The molecule has 1 heterocycles. The minimum absolute atomic E-state index is 0.0621. The van der Waals surface area contributed by atoms with E-state index in [1.807, 2.05) is 54.3 Å². The first-order valence-corrected chi connectivity index (χ1v) is 8.97. The van der Waals surface area contributed by atoms with Gasteiger partial charge in [0.25, 0.3) is 5.91 Å².